The van der Waals surface area contributed by atoms with E-state index in [-0.39, 0.29) is 11.5 Å². The number of anilines is 4. The van der Waals surface area contributed by atoms with Crippen molar-refractivity contribution >= 4 is 40.1 Å². The van der Waals surface area contributed by atoms with Crippen LogP contribution in [0.2, 0.25) is 0 Å². The molecular weight excluding hydrogens is 568 g/mol. The fourth-order valence-corrected chi connectivity index (χ4v) is 7.43. The number of piperazine rings is 1. The van der Waals surface area contributed by atoms with E-state index in [1.807, 2.05) is 49.6 Å². The number of aryl methyl sites for hydroxylation is 3. The van der Waals surface area contributed by atoms with Crippen molar-refractivity contribution in [2.45, 2.75) is 58.9 Å². The maximum Gasteiger partial charge on any atom is 0.274 e. The molecule has 4 aromatic rings. The first-order valence-corrected chi connectivity index (χ1v) is 16.5. The Morgan fingerprint density at radius 2 is 1.77 bits per heavy atom. The molecular formula is C35H42N6O2S. The maximum absolute atomic E-state index is 13.3. The van der Waals surface area contributed by atoms with Gasteiger partial charge in [0.1, 0.15) is 11.5 Å². The van der Waals surface area contributed by atoms with Crippen LogP contribution < -0.4 is 21.1 Å². The monoisotopic (exact) mass is 610 g/mol. The number of hydrogen-bond donors (Lipinski definition) is 2. The molecule has 2 N–H and O–H groups in total. The van der Waals surface area contributed by atoms with E-state index in [1.165, 1.54) is 29.7 Å². The average molecular weight is 611 g/mol. The number of hydrogen-bond acceptors (Lipinski definition) is 7. The number of amides is 1. The lowest BCUT2D eigenvalue weighted by Gasteiger charge is -2.38. The summed E-state index contributed by atoms with van der Waals surface area (Å²) < 4.78 is 1.59. The minimum Gasteiger partial charge on any atom is -0.368 e. The van der Waals surface area contributed by atoms with Gasteiger partial charge in [-0.3, -0.25) is 14.5 Å². The third-order valence-electron chi connectivity index (χ3n) is 8.97. The number of pyridine rings is 2. The highest BCUT2D eigenvalue weighted by molar-refractivity contribution is 7.14. The summed E-state index contributed by atoms with van der Waals surface area (Å²) in [6.45, 7) is 10.5. The first-order chi connectivity index (χ1) is 21.3. The van der Waals surface area contributed by atoms with Crippen LogP contribution in [0.25, 0.3) is 11.1 Å². The molecule has 6 rings (SSSR count). The Morgan fingerprint density at radius 3 is 2.52 bits per heavy atom. The highest BCUT2D eigenvalue weighted by atomic mass is 32.1. The number of rotatable bonds is 7. The van der Waals surface area contributed by atoms with E-state index >= 15 is 0 Å². The Bertz CT molecular complexity index is 1680. The normalized spacial score (nSPS) is 15.6. The lowest BCUT2D eigenvalue weighted by Crippen LogP contribution is -2.48. The van der Waals surface area contributed by atoms with Crippen molar-refractivity contribution in [2.75, 3.05) is 41.7 Å². The van der Waals surface area contributed by atoms with Crippen LogP contribution in [-0.4, -0.2) is 52.6 Å². The standard InChI is InChI=1S/C35H42N6O2S/c1-23(2)40-15-17-41(18-16-40)27-13-14-33(36-21-27)37-30-19-26(22-39(4)35(30)43)28-10-8-11-29(24(28)3)38-34(42)32-20-25-9-6-5-7-12-31(25)44-32/h8,10-11,13-14,19-23H,5-7,9,12,15-18H2,1-4H3,(H,36,37)(H,38,42). The molecule has 0 radical (unpaired) electrons. The van der Waals surface area contributed by atoms with Crippen LogP contribution in [0.3, 0.4) is 0 Å². The second-order valence-electron chi connectivity index (χ2n) is 12.3. The topological polar surface area (TPSA) is 82.5 Å². The fourth-order valence-electron chi connectivity index (χ4n) is 6.28. The van der Waals surface area contributed by atoms with Crippen LogP contribution in [0.15, 0.2) is 59.7 Å². The van der Waals surface area contributed by atoms with Gasteiger partial charge in [0.15, 0.2) is 0 Å². The Morgan fingerprint density at radius 1 is 0.977 bits per heavy atom. The van der Waals surface area contributed by atoms with Crippen molar-refractivity contribution in [1.29, 1.82) is 0 Å². The molecule has 1 aromatic carbocycles. The average Bonchev–Trinajstić information content (AvgIpc) is 3.31. The highest BCUT2D eigenvalue weighted by Gasteiger charge is 2.20. The summed E-state index contributed by atoms with van der Waals surface area (Å²) in [6, 6.07) is 14.4. The second kappa shape index (κ2) is 13.0. The molecule has 44 heavy (non-hydrogen) atoms. The summed E-state index contributed by atoms with van der Waals surface area (Å²) in [5.74, 6) is 0.554. The lowest BCUT2D eigenvalue weighted by atomic mass is 10.00. The molecule has 0 unspecified atom stereocenters. The molecule has 1 saturated heterocycles. The second-order valence-corrected chi connectivity index (χ2v) is 13.4. The van der Waals surface area contributed by atoms with E-state index in [1.54, 1.807) is 23.0 Å². The minimum absolute atomic E-state index is 0.0672. The first kappa shape index (κ1) is 30.1. The summed E-state index contributed by atoms with van der Waals surface area (Å²) >= 11 is 1.63. The molecule has 2 aliphatic rings. The predicted molar refractivity (Wildman–Crippen MR) is 182 cm³/mol. The van der Waals surface area contributed by atoms with Crippen molar-refractivity contribution in [3.63, 3.8) is 0 Å². The van der Waals surface area contributed by atoms with Gasteiger partial charge in [-0.25, -0.2) is 4.98 Å². The molecule has 230 valence electrons. The molecule has 4 heterocycles. The van der Waals surface area contributed by atoms with Gasteiger partial charge in [0.25, 0.3) is 11.5 Å². The van der Waals surface area contributed by atoms with Crippen molar-refractivity contribution in [3.8, 4) is 11.1 Å². The largest absolute Gasteiger partial charge is 0.368 e. The molecule has 3 aromatic heterocycles. The number of benzene rings is 1. The van der Waals surface area contributed by atoms with Crippen LogP contribution in [0.1, 0.15) is 58.8 Å². The van der Waals surface area contributed by atoms with E-state index < -0.39 is 0 Å². The highest BCUT2D eigenvalue weighted by Crippen LogP contribution is 2.32. The Labute approximate surface area is 263 Å². The summed E-state index contributed by atoms with van der Waals surface area (Å²) in [7, 11) is 1.76. The zero-order chi connectivity index (χ0) is 30.8. The number of nitrogens with one attached hydrogen (secondary N) is 2. The SMILES string of the molecule is Cc1c(NC(=O)c2cc3c(s2)CCCCC3)cccc1-c1cc(Nc2ccc(N3CCN(C(C)C)CC3)cn2)c(=O)n(C)c1. The molecule has 1 fully saturated rings. The number of carbonyl (C=O) groups is 1. The quantitative estimate of drug-likeness (QED) is 0.229. The summed E-state index contributed by atoms with van der Waals surface area (Å²) in [5.41, 5.74) is 6.29. The first-order valence-electron chi connectivity index (χ1n) is 15.7. The summed E-state index contributed by atoms with van der Waals surface area (Å²) in [5, 5.41) is 6.40. The van der Waals surface area contributed by atoms with Gasteiger partial charge in [-0.2, -0.15) is 0 Å². The number of thiophene rings is 1. The molecule has 1 aliphatic carbocycles. The molecule has 0 spiro atoms. The van der Waals surface area contributed by atoms with Crippen molar-refractivity contribution < 1.29 is 4.79 Å². The van der Waals surface area contributed by atoms with E-state index in [2.05, 4.69) is 51.4 Å². The third kappa shape index (κ3) is 6.44. The number of nitrogens with zero attached hydrogens (tertiary/aromatic N) is 4. The predicted octanol–water partition coefficient (Wildman–Crippen LogP) is 6.61. The third-order valence-corrected chi connectivity index (χ3v) is 10.2. The van der Waals surface area contributed by atoms with Gasteiger partial charge in [0.2, 0.25) is 0 Å². The molecule has 8 nitrogen and oxygen atoms in total. The lowest BCUT2D eigenvalue weighted by molar-refractivity contribution is 0.103. The van der Waals surface area contributed by atoms with Crippen LogP contribution >= 0.6 is 11.3 Å². The van der Waals surface area contributed by atoms with Crippen LogP contribution in [0, 0.1) is 6.92 Å². The van der Waals surface area contributed by atoms with E-state index in [0.29, 0.717) is 17.5 Å². The van der Waals surface area contributed by atoms with Gasteiger partial charge in [-0.15, -0.1) is 11.3 Å². The fraction of sp³-hybridized carbons (Fsp3) is 0.400. The Balaban J connectivity index is 1.19. The Kier molecular flexibility index (Phi) is 8.86. The molecule has 0 saturated carbocycles. The smallest absolute Gasteiger partial charge is 0.274 e. The number of fused-ring (bicyclic) bond motifs is 1. The van der Waals surface area contributed by atoms with Gasteiger partial charge in [-0.1, -0.05) is 18.6 Å². The van der Waals surface area contributed by atoms with Gasteiger partial charge >= 0.3 is 0 Å². The van der Waals surface area contributed by atoms with E-state index in [9.17, 15) is 9.59 Å². The number of carbonyl (C=O) groups excluding carboxylic acids is 1. The van der Waals surface area contributed by atoms with Crippen molar-refractivity contribution in [1.82, 2.24) is 14.5 Å². The van der Waals surface area contributed by atoms with Crippen molar-refractivity contribution in [3.05, 3.63) is 86.1 Å². The van der Waals surface area contributed by atoms with Crippen LogP contribution in [-0.2, 0) is 19.9 Å². The maximum atomic E-state index is 13.3. The Hall–Kier alpha value is -3.95. The molecule has 0 bridgehead atoms. The molecule has 1 amide bonds. The minimum atomic E-state index is -0.135. The number of aromatic nitrogens is 2. The van der Waals surface area contributed by atoms with E-state index in [0.717, 1.165) is 72.0 Å². The molecule has 1 aliphatic heterocycles. The zero-order valence-corrected chi connectivity index (χ0v) is 27.0. The molecule has 9 heteroatoms. The summed E-state index contributed by atoms with van der Waals surface area (Å²) in [4.78, 5) is 38.0. The zero-order valence-electron chi connectivity index (χ0n) is 26.2. The van der Waals surface area contributed by atoms with Gasteiger partial charge < -0.3 is 20.1 Å². The van der Waals surface area contributed by atoms with Crippen LogP contribution in [0.4, 0.5) is 22.9 Å². The van der Waals surface area contributed by atoms with Gasteiger partial charge in [0, 0.05) is 61.6 Å². The molecule has 0 atom stereocenters. The van der Waals surface area contributed by atoms with Gasteiger partial charge in [-0.05, 0) is 93.5 Å². The van der Waals surface area contributed by atoms with Gasteiger partial charge in [0.05, 0.1) is 16.8 Å². The summed E-state index contributed by atoms with van der Waals surface area (Å²) in [6.07, 6.45) is 9.50. The van der Waals surface area contributed by atoms with E-state index in [4.69, 9.17) is 0 Å². The van der Waals surface area contributed by atoms with Crippen molar-refractivity contribution in [2.24, 2.45) is 7.05 Å². The van der Waals surface area contributed by atoms with Crippen LogP contribution in [0.5, 0.6) is 0 Å².